The molecule has 2 nitrogen and oxygen atoms in total. The van der Waals surface area contributed by atoms with Crippen LogP contribution in [-0.4, -0.2) is 5.78 Å². The van der Waals surface area contributed by atoms with E-state index in [1.54, 1.807) is 12.5 Å². The Balaban J connectivity index is 2.17. The Morgan fingerprint density at radius 2 is 2.31 bits per heavy atom. The first-order chi connectivity index (χ1) is 7.66. The number of allylic oxidation sites excluding steroid dienone is 2. The normalized spacial score (nSPS) is 21.3. The Morgan fingerprint density at radius 1 is 1.50 bits per heavy atom. The zero-order valence-corrected chi connectivity index (χ0v) is 9.90. The van der Waals surface area contributed by atoms with Gasteiger partial charge in [-0.3, -0.25) is 4.79 Å². The summed E-state index contributed by atoms with van der Waals surface area (Å²) >= 11 is 0. The van der Waals surface area contributed by atoms with Crippen molar-refractivity contribution in [2.24, 2.45) is 11.8 Å². The Kier molecular flexibility index (Phi) is 3.28. The minimum absolute atomic E-state index is 0.274. The van der Waals surface area contributed by atoms with Gasteiger partial charge in [0, 0.05) is 6.42 Å². The van der Waals surface area contributed by atoms with Gasteiger partial charge in [-0.2, -0.15) is 0 Å². The van der Waals surface area contributed by atoms with Gasteiger partial charge in [0.1, 0.15) is 0 Å². The van der Waals surface area contributed by atoms with E-state index in [-0.39, 0.29) is 5.78 Å². The first-order valence-electron chi connectivity index (χ1n) is 5.91. The molecule has 1 heterocycles. The second kappa shape index (κ2) is 4.69. The molecule has 1 atom stereocenters. The van der Waals surface area contributed by atoms with Crippen LogP contribution >= 0.6 is 0 Å². The summed E-state index contributed by atoms with van der Waals surface area (Å²) < 4.78 is 5.07. The fourth-order valence-electron chi connectivity index (χ4n) is 2.44. The van der Waals surface area contributed by atoms with Crippen molar-refractivity contribution in [3.8, 4) is 0 Å². The van der Waals surface area contributed by atoms with Crippen molar-refractivity contribution >= 4 is 5.78 Å². The fraction of sp³-hybridized carbons (Fsp3) is 0.500. The highest BCUT2D eigenvalue weighted by atomic mass is 16.3. The van der Waals surface area contributed by atoms with E-state index in [1.165, 1.54) is 5.57 Å². The summed E-state index contributed by atoms with van der Waals surface area (Å²) in [7, 11) is 0. The molecule has 0 bridgehead atoms. The standard InChI is InChI=1S/C14H18O2/c1-10(2)14-4-3-13(15)8-12(14)7-11-5-6-16-9-11/h5-6,8-10,14H,3-4,7H2,1-2H3/t14-/m0/s1. The summed E-state index contributed by atoms with van der Waals surface area (Å²) in [4.78, 5) is 11.5. The van der Waals surface area contributed by atoms with Gasteiger partial charge >= 0.3 is 0 Å². The lowest BCUT2D eigenvalue weighted by molar-refractivity contribution is -0.115. The van der Waals surface area contributed by atoms with Crippen LogP contribution in [0.5, 0.6) is 0 Å². The summed E-state index contributed by atoms with van der Waals surface area (Å²) in [5, 5.41) is 0. The Labute approximate surface area is 96.3 Å². The van der Waals surface area contributed by atoms with Crippen LogP contribution in [0.1, 0.15) is 32.3 Å². The summed E-state index contributed by atoms with van der Waals surface area (Å²) in [6.45, 7) is 4.45. The molecule has 0 fully saturated rings. The minimum atomic E-state index is 0.274. The maximum absolute atomic E-state index is 11.5. The molecule has 0 amide bonds. The number of hydrogen-bond donors (Lipinski definition) is 0. The number of carbonyl (C=O) groups is 1. The Morgan fingerprint density at radius 3 is 2.94 bits per heavy atom. The van der Waals surface area contributed by atoms with Crippen LogP contribution in [0.25, 0.3) is 0 Å². The topological polar surface area (TPSA) is 30.2 Å². The van der Waals surface area contributed by atoms with Gasteiger partial charge in [-0.25, -0.2) is 0 Å². The number of carbonyl (C=O) groups excluding carboxylic acids is 1. The van der Waals surface area contributed by atoms with Crippen molar-refractivity contribution < 1.29 is 9.21 Å². The van der Waals surface area contributed by atoms with Gasteiger partial charge in [-0.1, -0.05) is 19.4 Å². The van der Waals surface area contributed by atoms with Gasteiger partial charge in [-0.15, -0.1) is 0 Å². The summed E-state index contributed by atoms with van der Waals surface area (Å²) in [5.74, 6) is 1.43. The lowest BCUT2D eigenvalue weighted by Crippen LogP contribution is -2.20. The Hall–Kier alpha value is -1.31. The van der Waals surface area contributed by atoms with Gasteiger partial charge in [0.15, 0.2) is 5.78 Å². The van der Waals surface area contributed by atoms with Crippen molar-refractivity contribution in [3.05, 3.63) is 35.8 Å². The van der Waals surface area contributed by atoms with Gasteiger partial charge in [0.25, 0.3) is 0 Å². The highest BCUT2D eigenvalue weighted by molar-refractivity contribution is 5.91. The van der Waals surface area contributed by atoms with E-state index in [0.29, 0.717) is 18.3 Å². The number of furan rings is 1. The molecule has 0 radical (unpaired) electrons. The molecular formula is C14H18O2. The van der Waals surface area contributed by atoms with Gasteiger partial charge < -0.3 is 4.42 Å². The molecule has 0 aliphatic heterocycles. The van der Waals surface area contributed by atoms with Gasteiger partial charge in [0.2, 0.25) is 0 Å². The fourth-order valence-corrected chi connectivity index (χ4v) is 2.44. The van der Waals surface area contributed by atoms with Crippen molar-refractivity contribution in [1.82, 2.24) is 0 Å². The van der Waals surface area contributed by atoms with E-state index in [2.05, 4.69) is 13.8 Å². The highest BCUT2D eigenvalue weighted by Gasteiger charge is 2.24. The molecule has 1 aliphatic rings. The summed E-state index contributed by atoms with van der Waals surface area (Å²) in [5.41, 5.74) is 2.43. The van der Waals surface area contributed by atoms with Crippen LogP contribution in [0.3, 0.4) is 0 Å². The third-order valence-corrected chi connectivity index (χ3v) is 3.32. The predicted molar refractivity (Wildman–Crippen MR) is 63.1 cm³/mol. The van der Waals surface area contributed by atoms with E-state index in [1.807, 2.05) is 12.1 Å². The SMILES string of the molecule is CC(C)[C@@H]1CCC(=O)C=C1Cc1ccoc1. The molecule has 16 heavy (non-hydrogen) atoms. The second-order valence-electron chi connectivity index (χ2n) is 4.88. The number of ketones is 1. The molecule has 0 saturated heterocycles. The number of rotatable bonds is 3. The van der Waals surface area contributed by atoms with Crippen LogP contribution in [-0.2, 0) is 11.2 Å². The lowest BCUT2D eigenvalue weighted by atomic mass is 9.78. The first kappa shape index (κ1) is 11.2. The molecule has 0 unspecified atom stereocenters. The molecule has 0 aromatic carbocycles. The van der Waals surface area contributed by atoms with E-state index < -0.39 is 0 Å². The van der Waals surface area contributed by atoms with Gasteiger partial charge in [-0.05, 0) is 42.4 Å². The molecule has 1 aromatic heterocycles. The monoisotopic (exact) mass is 218 g/mol. The van der Waals surface area contributed by atoms with E-state index in [0.717, 1.165) is 18.4 Å². The zero-order valence-electron chi connectivity index (χ0n) is 9.90. The maximum atomic E-state index is 11.5. The van der Waals surface area contributed by atoms with Crippen molar-refractivity contribution in [1.29, 1.82) is 0 Å². The quantitative estimate of drug-likeness (QED) is 0.778. The van der Waals surface area contributed by atoms with Gasteiger partial charge in [0.05, 0.1) is 12.5 Å². The molecule has 0 saturated carbocycles. The average molecular weight is 218 g/mol. The molecule has 1 aliphatic carbocycles. The van der Waals surface area contributed by atoms with Crippen molar-refractivity contribution in [2.45, 2.75) is 33.1 Å². The predicted octanol–water partition coefficient (Wildman–Crippen LogP) is 3.38. The third-order valence-electron chi connectivity index (χ3n) is 3.32. The smallest absolute Gasteiger partial charge is 0.155 e. The van der Waals surface area contributed by atoms with Crippen LogP contribution in [0.15, 0.2) is 34.7 Å². The van der Waals surface area contributed by atoms with Crippen LogP contribution in [0.2, 0.25) is 0 Å². The molecule has 0 N–H and O–H groups in total. The molecular weight excluding hydrogens is 200 g/mol. The number of hydrogen-bond acceptors (Lipinski definition) is 2. The molecule has 1 aromatic rings. The molecule has 2 heteroatoms. The molecule has 86 valence electrons. The molecule has 2 rings (SSSR count). The van der Waals surface area contributed by atoms with Crippen LogP contribution < -0.4 is 0 Å². The molecule has 0 spiro atoms. The largest absolute Gasteiger partial charge is 0.472 e. The zero-order chi connectivity index (χ0) is 11.5. The third kappa shape index (κ3) is 2.43. The van der Waals surface area contributed by atoms with Crippen LogP contribution in [0.4, 0.5) is 0 Å². The maximum Gasteiger partial charge on any atom is 0.155 e. The second-order valence-corrected chi connectivity index (χ2v) is 4.88. The summed E-state index contributed by atoms with van der Waals surface area (Å²) in [6, 6.07) is 1.97. The lowest BCUT2D eigenvalue weighted by Gasteiger charge is -2.26. The van der Waals surface area contributed by atoms with E-state index in [9.17, 15) is 4.79 Å². The Bertz CT molecular complexity index is 385. The van der Waals surface area contributed by atoms with Crippen molar-refractivity contribution in [3.63, 3.8) is 0 Å². The van der Waals surface area contributed by atoms with E-state index in [4.69, 9.17) is 4.42 Å². The first-order valence-corrected chi connectivity index (χ1v) is 5.91. The average Bonchev–Trinajstić information content (AvgIpc) is 2.70. The van der Waals surface area contributed by atoms with Crippen molar-refractivity contribution in [2.75, 3.05) is 0 Å². The van der Waals surface area contributed by atoms with E-state index >= 15 is 0 Å². The summed E-state index contributed by atoms with van der Waals surface area (Å²) in [6.07, 6.45) is 7.85. The highest BCUT2D eigenvalue weighted by Crippen LogP contribution is 2.31. The van der Waals surface area contributed by atoms with Crippen LogP contribution in [0, 0.1) is 11.8 Å². The minimum Gasteiger partial charge on any atom is -0.472 e.